The molecule has 1 rings (SSSR count). The number of carbonyl (C=O) groups excluding carboxylic acids is 1. The number of nitrogens with one attached hydrogen (secondary N) is 2. The van der Waals surface area contributed by atoms with Crippen molar-refractivity contribution in [1.29, 1.82) is 0 Å². The Balaban J connectivity index is 2.17. The largest absolute Gasteiger partial charge is 0.341 e. The molecule has 82 valence electrons. The van der Waals surface area contributed by atoms with E-state index in [0.29, 0.717) is 6.04 Å². The van der Waals surface area contributed by atoms with E-state index in [1.165, 1.54) is 0 Å². The number of carbonyl (C=O) groups is 1. The molecule has 0 aliphatic carbocycles. The summed E-state index contributed by atoms with van der Waals surface area (Å²) in [4.78, 5) is 13.1. The molecule has 0 aromatic heterocycles. The van der Waals surface area contributed by atoms with Gasteiger partial charge < -0.3 is 21.3 Å². The third-order valence-corrected chi connectivity index (χ3v) is 2.50. The van der Waals surface area contributed by atoms with Crippen molar-refractivity contribution in [2.75, 3.05) is 33.2 Å². The molecule has 0 bridgehead atoms. The number of hydrogen-bond acceptors (Lipinski definition) is 3. The molecule has 1 unspecified atom stereocenters. The molecule has 1 atom stereocenters. The molecule has 0 radical (unpaired) electrons. The molecule has 5 nitrogen and oxygen atoms in total. The molecule has 5 heteroatoms. The van der Waals surface area contributed by atoms with E-state index >= 15 is 0 Å². The van der Waals surface area contributed by atoms with E-state index in [1.54, 1.807) is 7.05 Å². The van der Waals surface area contributed by atoms with Crippen molar-refractivity contribution in [3.8, 4) is 0 Å². The van der Waals surface area contributed by atoms with Crippen LogP contribution in [0.2, 0.25) is 0 Å². The van der Waals surface area contributed by atoms with Gasteiger partial charge in [-0.1, -0.05) is 0 Å². The molecule has 14 heavy (non-hydrogen) atoms. The SMILES string of the molecule is CNC(=O)N1CCC(NCCCN)C1. The van der Waals surface area contributed by atoms with Gasteiger partial charge in [0.25, 0.3) is 0 Å². The second kappa shape index (κ2) is 5.82. The van der Waals surface area contributed by atoms with E-state index in [1.807, 2.05) is 4.90 Å². The van der Waals surface area contributed by atoms with Gasteiger partial charge in [0, 0.05) is 26.2 Å². The summed E-state index contributed by atoms with van der Waals surface area (Å²) in [5.74, 6) is 0. The first-order valence-corrected chi connectivity index (χ1v) is 5.18. The first-order chi connectivity index (χ1) is 6.77. The minimum absolute atomic E-state index is 0.0214. The number of urea groups is 1. The molecule has 1 saturated heterocycles. The lowest BCUT2D eigenvalue weighted by Crippen LogP contribution is -2.39. The Hall–Kier alpha value is -0.810. The van der Waals surface area contributed by atoms with Crippen molar-refractivity contribution in [2.45, 2.75) is 18.9 Å². The first-order valence-electron chi connectivity index (χ1n) is 5.18. The van der Waals surface area contributed by atoms with E-state index in [2.05, 4.69) is 10.6 Å². The Bertz CT molecular complexity index is 186. The minimum Gasteiger partial charge on any atom is -0.341 e. The topological polar surface area (TPSA) is 70.4 Å². The van der Waals surface area contributed by atoms with Gasteiger partial charge in [-0.05, 0) is 25.9 Å². The van der Waals surface area contributed by atoms with Gasteiger partial charge >= 0.3 is 6.03 Å². The highest BCUT2D eigenvalue weighted by molar-refractivity contribution is 5.74. The van der Waals surface area contributed by atoms with Crippen molar-refractivity contribution in [3.05, 3.63) is 0 Å². The van der Waals surface area contributed by atoms with Gasteiger partial charge in [0.1, 0.15) is 0 Å². The molecular weight excluding hydrogens is 180 g/mol. The summed E-state index contributed by atoms with van der Waals surface area (Å²) >= 11 is 0. The van der Waals surface area contributed by atoms with Gasteiger partial charge in [-0.3, -0.25) is 0 Å². The Morgan fingerprint density at radius 2 is 2.43 bits per heavy atom. The average molecular weight is 200 g/mol. The second-order valence-corrected chi connectivity index (χ2v) is 3.58. The minimum atomic E-state index is 0.0214. The molecule has 4 N–H and O–H groups in total. The smallest absolute Gasteiger partial charge is 0.317 e. The third kappa shape index (κ3) is 3.16. The van der Waals surface area contributed by atoms with Crippen molar-refractivity contribution in [2.24, 2.45) is 5.73 Å². The molecule has 2 amide bonds. The Labute approximate surface area is 85.0 Å². The van der Waals surface area contributed by atoms with Crippen molar-refractivity contribution < 1.29 is 4.79 Å². The van der Waals surface area contributed by atoms with E-state index in [0.717, 1.165) is 39.0 Å². The molecule has 0 aromatic rings. The van der Waals surface area contributed by atoms with Crippen LogP contribution in [0.1, 0.15) is 12.8 Å². The summed E-state index contributed by atoms with van der Waals surface area (Å²) in [6.07, 6.45) is 2.04. The second-order valence-electron chi connectivity index (χ2n) is 3.58. The molecule has 1 heterocycles. The predicted octanol–water partition coefficient (Wildman–Crippen LogP) is -0.661. The van der Waals surface area contributed by atoms with Crippen LogP contribution in [0, 0.1) is 0 Å². The molecule has 1 aliphatic rings. The highest BCUT2D eigenvalue weighted by Gasteiger charge is 2.24. The fourth-order valence-corrected chi connectivity index (χ4v) is 1.68. The van der Waals surface area contributed by atoms with Crippen molar-refractivity contribution >= 4 is 6.03 Å². The van der Waals surface area contributed by atoms with E-state index < -0.39 is 0 Å². The van der Waals surface area contributed by atoms with E-state index in [4.69, 9.17) is 5.73 Å². The van der Waals surface area contributed by atoms with Crippen LogP contribution in [0.5, 0.6) is 0 Å². The van der Waals surface area contributed by atoms with E-state index in [-0.39, 0.29) is 6.03 Å². The lowest BCUT2D eigenvalue weighted by Gasteiger charge is -2.16. The summed E-state index contributed by atoms with van der Waals surface area (Å²) in [7, 11) is 1.66. The summed E-state index contributed by atoms with van der Waals surface area (Å²) in [5, 5.41) is 6.02. The number of rotatable bonds is 4. The van der Waals surface area contributed by atoms with Crippen LogP contribution in [0.25, 0.3) is 0 Å². The lowest BCUT2D eigenvalue weighted by atomic mass is 10.2. The van der Waals surface area contributed by atoms with Crippen molar-refractivity contribution in [1.82, 2.24) is 15.5 Å². The maximum absolute atomic E-state index is 11.3. The zero-order valence-electron chi connectivity index (χ0n) is 8.75. The highest BCUT2D eigenvalue weighted by atomic mass is 16.2. The van der Waals surface area contributed by atoms with Gasteiger partial charge in [-0.2, -0.15) is 0 Å². The maximum Gasteiger partial charge on any atom is 0.317 e. The van der Waals surface area contributed by atoms with Gasteiger partial charge in [0.2, 0.25) is 0 Å². The molecule has 0 saturated carbocycles. The van der Waals surface area contributed by atoms with Crippen LogP contribution in [0.3, 0.4) is 0 Å². The molecular formula is C9H20N4O. The van der Waals surface area contributed by atoms with Crippen LogP contribution in [-0.2, 0) is 0 Å². The molecule has 0 aromatic carbocycles. The van der Waals surface area contributed by atoms with E-state index in [9.17, 15) is 4.79 Å². The number of nitrogens with two attached hydrogens (primary N) is 1. The van der Waals surface area contributed by atoms with Gasteiger partial charge in [-0.15, -0.1) is 0 Å². The monoisotopic (exact) mass is 200 g/mol. The number of amides is 2. The fraction of sp³-hybridized carbons (Fsp3) is 0.889. The molecule has 1 aliphatic heterocycles. The van der Waals surface area contributed by atoms with Gasteiger partial charge in [-0.25, -0.2) is 4.79 Å². The number of nitrogens with zero attached hydrogens (tertiary/aromatic N) is 1. The summed E-state index contributed by atoms with van der Waals surface area (Å²) in [6, 6.07) is 0.465. The summed E-state index contributed by atoms with van der Waals surface area (Å²) in [6.45, 7) is 3.33. The van der Waals surface area contributed by atoms with Gasteiger partial charge in [0.15, 0.2) is 0 Å². The Morgan fingerprint density at radius 3 is 3.07 bits per heavy atom. The fourth-order valence-electron chi connectivity index (χ4n) is 1.68. The third-order valence-electron chi connectivity index (χ3n) is 2.50. The van der Waals surface area contributed by atoms with Crippen LogP contribution < -0.4 is 16.4 Å². The number of hydrogen-bond donors (Lipinski definition) is 3. The lowest BCUT2D eigenvalue weighted by molar-refractivity contribution is 0.210. The number of likely N-dealkylation sites (tertiary alicyclic amines) is 1. The predicted molar refractivity (Wildman–Crippen MR) is 56.1 cm³/mol. The maximum atomic E-state index is 11.3. The summed E-state index contributed by atoms with van der Waals surface area (Å²) in [5.41, 5.74) is 5.40. The van der Waals surface area contributed by atoms with Crippen LogP contribution in [-0.4, -0.2) is 50.2 Å². The summed E-state index contributed by atoms with van der Waals surface area (Å²) < 4.78 is 0. The van der Waals surface area contributed by atoms with Crippen molar-refractivity contribution in [3.63, 3.8) is 0 Å². The zero-order chi connectivity index (χ0) is 10.4. The zero-order valence-corrected chi connectivity index (χ0v) is 8.75. The Kier molecular flexibility index (Phi) is 4.69. The highest BCUT2D eigenvalue weighted by Crippen LogP contribution is 2.08. The van der Waals surface area contributed by atoms with Gasteiger partial charge in [0.05, 0.1) is 0 Å². The first kappa shape index (κ1) is 11.3. The van der Waals surface area contributed by atoms with Crippen LogP contribution >= 0.6 is 0 Å². The standard InChI is InChI=1S/C9H20N4O/c1-11-9(14)13-6-3-8(7-13)12-5-2-4-10/h8,12H,2-7,10H2,1H3,(H,11,14). The molecule has 1 fully saturated rings. The quantitative estimate of drug-likeness (QED) is 0.528. The van der Waals surface area contributed by atoms with Crippen LogP contribution in [0.4, 0.5) is 4.79 Å². The Morgan fingerprint density at radius 1 is 1.64 bits per heavy atom. The average Bonchev–Trinajstić information content (AvgIpc) is 2.66. The normalized spacial score (nSPS) is 21.3. The van der Waals surface area contributed by atoms with Crippen LogP contribution in [0.15, 0.2) is 0 Å². The molecule has 0 spiro atoms.